The van der Waals surface area contributed by atoms with Gasteiger partial charge in [0.2, 0.25) is 0 Å². The van der Waals surface area contributed by atoms with Crippen LogP contribution in [-0.2, 0) is 11.3 Å². The molecule has 0 fully saturated rings. The summed E-state index contributed by atoms with van der Waals surface area (Å²) < 4.78 is 8.71. The van der Waals surface area contributed by atoms with Crippen molar-refractivity contribution >= 4 is 28.5 Å². The second-order valence-corrected chi connectivity index (χ2v) is 7.15. The van der Waals surface area contributed by atoms with Crippen LogP contribution in [0.5, 0.6) is 0 Å². The number of para-hydroxylation sites is 2. The zero-order valence-electron chi connectivity index (χ0n) is 16.5. The van der Waals surface area contributed by atoms with Gasteiger partial charge in [-0.3, -0.25) is 4.79 Å². The molecule has 0 aliphatic carbocycles. The summed E-state index contributed by atoms with van der Waals surface area (Å²) in [7, 11) is 1.66. The summed E-state index contributed by atoms with van der Waals surface area (Å²) in [5, 5.41) is 14.6. The number of rotatable bonds is 7. The number of aromatic nitrogens is 6. The van der Waals surface area contributed by atoms with Gasteiger partial charge in [0, 0.05) is 18.7 Å². The van der Waals surface area contributed by atoms with Crippen LogP contribution in [0, 0.1) is 0 Å². The van der Waals surface area contributed by atoms with Gasteiger partial charge in [-0.25, -0.2) is 4.98 Å². The Morgan fingerprint density at radius 2 is 2.10 bits per heavy atom. The van der Waals surface area contributed by atoms with Gasteiger partial charge in [0.15, 0.2) is 0 Å². The van der Waals surface area contributed by atoms with Crippen LogP contribution < -0.4 is 5.32 Å². The van der Waals surface area contributed by atoms with Gasteiger partial charge in [-0.05, 0) is 47.7 Å². The summed E-state index contributed by atoms with van der Waals surface area (Å²) in [6.07, 6.45) is 1.41. The first-order valence-corrected chi connectivity index (χ1v) is 9.74. The van der Waals surface area contributed by atoms with E-state index in [1.165, 1.54) is 11.0 Å². The molecule has 0 saturated carbocycles. The number of nitrogens with zero attached hydrogens (tertiary/aromatic N) is 6. The normalized spacial score (nSPS) is 12.2. The Morgan fingerprint density at radius 1 is 1.27 bits per heavy atom. The van der Waals surface area contributed by atoms with Crippen molar-refractivity contribution in [2.24, 2.45) is 0 Å². The fourth-order valence-corrected chi connectivity index (χ4v) is 3.51. The zero-order valence-corrected chi connectivity index (χ0v) is 17.2. The molecule has 1 N–H and O–H groups in total. The number of hydrogen-bond acceptors (Lipinski definition) is 6. The SMILES string of the molecule is COCCn1c([C@H](C)NC(=O)c2ccc(Cl)cc2-n2cnnn2)nc2ccccc21. The Kier molecular flexibility index (Phi) is 5.73. The fraction of sp³-hybridized carbons (Fsp3) is 0.250. The van der Waals surface area contributed by atoms with Crippen LogP contribution in [0.15, 0.2) is 48.8 Å². The third-order valence-electron chi connectivity index (χ3n) is 4.74. The highest BCUT2D eigenvalue weighted by atomic mass is 35.5. The van der Waals surface area contributed by atoms with E-state index in [0.29, 0.717) is 29.4 Å². The van der Waals surface area contributed by atoms with Crippen molar-refractivity contribution in [1.82, 2.24) is 35.1 Å². The Bertz CT molecular complexity index is 1170. The predicted molar refractivity (Wildman–Crippen MR) is 112 cm³/mol. The van der Waals surface area contributed by atoms with Crippen LogP contribution >= 0.6 is 11.6 Å². The average Bonchev–Trinajstić information content (AvgIpc) is 3.40. The van der Waals surface area contributed by atoms with Crippen LogP contribution in [0.1, 0.15) is 29.1 Å². The van der Waals surface area contributed by atoms with Crippen molar-refractivity contribution < 1.29 is 9.53 Å². The maximum Gasteiger partial charge on any atom is 0.254 e. The number of amides is 1. The van der Waals surface area contributed by atoms with E-state index in [2.05, 4.69) is 25.4 Å². The monoisotopic (exact) mass is 425 g/mol. The molecular formula is C20H20ClN7O2. The minimum absolute atomic E-state index is 0.282. The number of halogens is 1. The van der Waals surface area contributed by atoms with E-state index >= 15 is 0 Å². The first kappa shape index (κ1) is 20.0. The number of benzene rings is 2. The number of tetrazole rings is 1. The third kappa shape index (κ3) is 3.89. The first-order chi connectivity index (χ1) is 14.6. The molecule has 0 spiro atoms. The Balaban J connectivity index is 1.65. The third-order valence-corrected chi connectivity index (χ3v) is 4.97. The van der Waals surface area contributed by atoms with Gasteiger partial charge < -0.3 is 14.6 Å². The molecular weight excluding hydrogens is 406 g/mol. The van der Waals surface area contributed by atoms with Crippen LogP contribution in [0.4, 0.5) is 0 Å². The van der Waals surface area contributed by atoms with Crippen molar-refractivity contribution in [2.45, 2.75) is 19.5 Å². The Hall–Kier alpha value is -3.30. The summed E-state index contributed by atoms with van der Waals surface area (Å²) in [5.74, 6) is 0.467. The summed E-state index contributed by atoms with van der Waals surface area (Å²) >= 11 is 6.12. The van der Waals surface area contributed by atoms with Crippen molar-refractivity contribution in [3.8, 4) is 5.69 Å². The van der Waals surface area contributed by atoms with Gasteiger partial charge in [-0.1, -0.05) is 23.7 Å². The molecule has 154 valence electrons. The van der Waals surface area contributed by atoms with Crippen LogP contribution in [0.2, 0.25) is 5.02 Å². The van der Waals surface area contributed by atoms with Crippen molar-refractivity contribution in [3.63, 3.8) is 0 Å². The average molecular weight is 426 g/mol. The van der Waals surface area contributed by atoms with Gasteiger partial charge in [-0.15, -0.1) is 5.10 Å². The molecule has 0 radical (unpaired) electrons. The van der Waals surface area contributed by atoms with E-state index < -0.39 is 0 Å². The van der Waals surface area contributed by atoms with Gasteiger partial charge in [-0.2, -0.15) is 4.68 Å². The van der Waals surface area contributed by atoms with Gasteiger partial charge in [0.1, 0.15) is 12.2 Å². The molecule has 0 saturated heterocycles. The minimum atomic E-state index is -0.348. The summed E-state index contributed by atoms with van der Waals surface area (Å²) in [5.41, 5.74) is 2.75. The van der Waals surface area contributed by atoms with Crippen molar-refractivity contribution in [1.29, 1.82) is 0 Å². The van der Waals surface area contributed by atoms with E-state index in [1.807, 2.05) is 31.2 Å². The largest absolute Gasteiger partial charge is 0.383 e. The van der Waals surface area contributed by atoms with Crippen LogP contribution in [-0.4, -0.2) is 49.4 Å². The smallest absolute Gasteiger partial charge is 0.254 e. The van der Waals surface area contributed by atoms with Gasteiger partial charge >= 0.3 is 0 Å². The lowest BCUT2D eigenvalue weighted by molar-refractivity contribution is 0.0937. The number of methoxy groups -OCH3 is 1. The van der Waals surface area contributed by atoms with Gasteiger partial charge in [0.25, 0.3) is 5.91 Å². The molecule has 1 amide bonds. The quantitative estimate of drug-likeness (QED) is 0.488. The highest BCUT2D eigenvalue weighted by Crippen LogP contribution is 2.23. The van der Waals surface area contributed by atoms with E-state index in [1.54, 1.807) is 25.3 Å². The molecule has 0 aliphatic rings. The molecule has 10 heteroatoms. The molecule has 4 rings (SSSR count). The molecule has 4 aromatic rings. The number of fused-ring (bicyclic) bond motifs is 1. The standard InChI is InChI=1S/C20H20ClN7O2/c1-13(19-24-16-5-3-4-6-17(16)27(19)9-10-30-2)23-20(29)15-8-7-14(21)11-18(15)28-12-22-25-26-28/h3-8,11-13H,9-10H2,1-2H3,(H,23,29)/t13-/m0/s1. The lowest BCUT2D eigenvalue weighted by Gasteiger charge is -2.17. The second-order valence-electron chi connectivity index (χ2n) is 6.71. The van der Waals surface area contributed by atoms with E-state index in [0.717, 1.165) is 16.9 Å². The molecule has 2 heterocycles. The molecule has 0 bridgehead atoms. The topological polar surface area (TPSA) is 99.8 Å². The molecule has 9 nitrogen and oxygen atoms in total. The highest BCUT2D eigenvalue weighted by Gasteiger charge is 2.21. The van der Waals surface area contributed by atoms with E-state index in [9.17, 15) is 4.79 Å². The fourth-order valence-electron chi connectivity index (χ4n) is 3.34. The van der Waals surface area contributed by atoms with E-state index in [4.69, 9.17) is 21.3 Å². The summed E-state index contributed by atoms with van der Waals surface area (Å²) in [6, 6.07) is 12.5. The number of nitrogens with one attached hydrogen (secondary N) is 1. The molecule has 0 aliphatic heterocycles. The maximum atomic E-state index is 13.1. The number of imidazole rings is 1. The van der Waals surface area contributed by atoms with Crippen LogP contribution in [0.3, 0.4) is 0 Å². The highest BCUT2D eigenvalue weighted by molar-refractivity contribution is 6.31. The number of carbonyl (C=O) groups excluding carboxylic acids is 1. The summed E-state index contributed by atoms with van der Waals surface area (Å²) in [4.78, 5) is 17.8. The second kappa shape index (κ2) is 8.60. The molecule has 30 heavy (non-hydrogen) atoms. The number of carbonyl (C=O) groups is 1. The molecule has 2 aromatic heterocycles. The zero-order chi connectivity index (χ0) is 21.1. The molecule has 0 unspecified atom stereocenters. The van der Waals surface area contributed by atoms with Crippen LogP contribution in [0.25, 0.3) is 16.7 Å². The lowest BCUT2D eigenvalue weighted by atomic mass is 10.1. The van der Waals surface area contributed by atoms with Gasteiger partial charge in [0.05, 0.1) is 34.9 Å². The van der Waals surface area contributed by atoms with Crippen molar-refractivity contribution in [2.75, 3.05) is 13.7 Å². The molecule has 1 atom stereocenters. The minimum Gasteiger partial charge on any atom is -0.383 e. The predicted octanol–water partition coefficient (Wildman–Crippen LogP) is 2.80. The Labute approximate surface area is 177 Å². The molecule has 2 aromatic carbocycles. The first-order valence-electron chi connectivity index (χ1n) is 9.36. The number of ether oxygens (including phenoxy) is 1. The number of hydrogen-bond donors (Lipinski definition) is 1. The summed E-state index contributed by atoms with van der Waals surface area (Å²) in [6.45, 7) is 3.06. The lowest BCUT2D eigenvalue weighted by Crippen LogP contribution is -2.30. The Morgan fingerprint density at radius 3 is 2.87 bits per heavy atom. The maximum absolute atomic E-state index is 13.1. The van der Waals surface area contributed by atoms with Crippen molar-refractivity contribution in [3.05, 3.63) is 65.2 Å². The van der Waals surface area contributed by atoms with E-state index in [-0.39, 0.29) is 11.9 Å².